The lowest BCUT2D eigenvalue weighted by Crippen LogP contribution is -2.41. The highest BCUT2D eigenvalue weighted by molar-refractivity contribution is 5.00. The van der Waals surface area contributed by atoms with Crippen LogP contribution < -0.4 is 10.6 Å². The third-order valence-corrected chi connectivity index (χ3v) is 3.35. The first kappa shape index (κ1) is 8.52. The van der Waals surface area contributed by atoms with Crippen LogP contribution in [0.5, 0.6) is 0 Å². The van der Waals surface area contributed by atoms with Crippen LogP contribution in [-0.2, 0) is 0 Å². The van der Waals surface area contributed by atoms with Crippen molar-refractivity contribution in [1.29, 1.82) is 0 Å². The molecule has 2 rings (SSSR count). The zero-order valence-electron chi connectivity index (χ0n) is 8.35. The number of hydrogen-bond acceptors (Lipinski definition) is 2. The van der Waals surface area contributed by atoms with Gasteiger partial charge in [-0.2, -0.15) is 0 Å². The first-order valence-corrected chi connectivity index (χ1v) is 5.03. The van der Waals surface area contributed by atoms with Crippen LogP contribution >= 0.6 is 0 Å². The van der Waals surface area contributed by atoms with Gasteiger partial charge in [0.25, 0.3) is 0 Å². The maximum atomic E-state index is 3.66. The molecule has 0 spiro atoms. The van der Waals surface area contributed by atoms with Crippen molar-refractivity contribution in [3.05, 3.63) is 0 Å². The van der Waals surface area contributed by atoms with Crippen molar-refractivity contribution in [2.45, 2.75) is 26.8 Å². The molecule has 0 saturated carbocycles. The molecule has 0 aromatic carbocycles. The molecule has 0 aliphatic carbocycles. The van der Waals surface area contributed by atoms with Gasteiger partial charge in [-0.25, -0.2) is 0 Å². The zero-order valence-corrected chi connectivity index (χ0v) is 8.35. The first-order valence-electron chi connectivity index (χ1n) is 5.03. The molecule has 2 N–H and O–H groups in total. The fourth-order valence-electron chi connectivity index (χ4n) is 2.75. The van der Waals surface area contributed by atoms with E-state index in [1.165, 1.54) is 19.6 Å². The van der Waals surface area contributed by atoms with E-state index in [1.54, 1.807) is 0 Å². The molecule has 0 amide bonds. The summed E-state index contributed by atoms with van der Waals surface area (Å²) in [6.07, 6.45) is 0. The molecule has 3 unspecified atom stereocenters. The van der Waals surface area contributed by atoms with Crippen molar-refractivity contribution in [3.63, 3.8) is 0 Å². The molecule has 0 aromatic rings. The van der Waals surface area contributed by atoms with Crippen LogP contribution in [0.4, 0.5) is 0 Å². The van der Waals surface area contributed by atoms with Crippen LogP contribution in [0, 0.1) is 17.3 Å². The predicted molar refractivity (Wildman–Crippen MR) is 51.1 cm³/mol. The minimum absolute atomic E-state index is 0.422. The summed E-state index contributed by atoms with van der Waals surface area (Å²) in [6, 6.07) is 0.720. The molecule has 12 heavy (non-hydrogen) atoms. The van der Waals surface area contributed by atoms with Crippen LogP contribution in [0.25, 0.3) is 0 Å². The summed E-state index contributed by atoms with van der Waals surface area (Å²) in [5.74, 6) is 1.78. The molecule has 3 atom stereocenters. The second-order valence-electron chi connectivity index (χ2n) is 5.33. The van der Waals surface area contributed by atoms with Gasteiger partial charge in [0.1, 0.15) is 0 Å². The van der Waals surface area contributed by atoms with E-state index >= 15 is 0 Å². The lowest BCUT2D eigenvalue weighted by Gasteiger charge is -2.31. The van der Waals surface area contributed by atoms with Crippen molar-refractivity contribution in [3.8, 4) is 0 Å². The monoisotopic (exact) mass is 168 g/mol. The largest absolute Gasteiger partial charge is 0.316 e. The number of fused-ring (bicyclic) bond motifs is 1. The van der Waals surface area contributed by atoms with Gasteiger partial charge in [0.05, 0.1) is 0 Å². The highest BCUT2D eigenvalue weighted by Gasteiger charge is 2.43. The Morgan fingerprint density at radius 3 is 2.50 bits per heavy atom. The van der Waals surface area contributed by atoms with Gasteiger partial charge in [-0.15, -0.1) is 0 Å². The molecule has 2 heteroatoms. The molecule has 70 valence electrons. The molecular weight excluding hydrogens is 148 g/mol. The molecule has 2 saturated heterocycles. The smallest absolute Gasteiger partial charge is 0.0160 e. The average Bonchev–Trinajstić information content (AvgIpc) is 2.37. The highest BCUT2D eigenvalue weighted by atomic mass is 15.1. The Morgan fingerprint density at radius 2 is 1.83 bits per heavy atom. The molecular formula is C10H20N2. The third-order valence-electron chi connectivity index (χ3n) is 3.35. The standard InChI is InChI=1S/C10H20N2/c1-10(2,3)9-8-6-11-4-7(8)5-12-9/h7-9,11-12H,4-6H2,1-3H3. The first-order chi connectivity index (χ1) is 5.59. The molecule has 2 aliphatic rings. The predicted octanol–water partition coefficient (Wildman–Crippen LogP) is 0.840. The van der Waals surface area contributed by atoms with Crippen LogP contribution in [0.2, 0.25) is 0 Å². The fourth-order valence-corrected chi connectivity index (χ4v) is 2.75. The molecule has 2 fully saturated rings. The average molecular weight is 168 g/mol. The Kier molecular flexibility index (Phi) is 1.92. The van der Waals surface area contributed by atoms with Gasteiger partial charge < -0.3 is 10.6 Å². The van der Waals surface area contributed by atoms with E-state index in [2.05, 4.69) is 31.4 Å². The van der Waals surface area contributed by atoms with Crippen molar-refractivity contribution >= 4 is 0 Å². The van der Waals surface area contributed by atoms with E-state index in [0.717, 1.165) is 17.9 Å². The highest BCUT2D eigenvalue weighted by Crippen LogP contribution is 2.35. The van der Waals surface area contributed by atoms with Gasteiger partial charge in [-0.05, 0) is 36.9 Å². The van der Waals surface area contributed by atoms with Crippen LogP contribution in [0.3, 0.4) is 0 Å². The van der Waals surface area contributed by atoms with Crippen molar-refractivity contribution < 1.29 is 0 Å². The van der Waals surface area contributed by atoms with Gasteiger partial charge in [0, 0.05) is 6.04 Å². The van der Waals surface area contributed by atoms with Crippen molar-refractivity contribution in [2.24, 2.45) is 17.3 Å². The van der Waals surface area contributed by atoms with Gasteiger partial charge in [0.2, 0.25) is 0 Å². The zero-order chi connectivity index (χ0) is 8.77. The Hall–Kier alpha value is -0.0800. The van der Waals surface area contributed by atoms with Crippen molar-refractivity contribution in [2.75, 3.05) is 19.6 Å². The Bertz CT molecular complexity index is 171. The van der Waals surface area contributed by atoms with Crippen LogP contribution in [0.15, 0.2) is 0 Å². The quantitative estimate of drug-likeness (QED) is 0.560. The minimum Gasteiger partial charge on any atom is -0.316 e. The lowest BCUT2D eigenvalue weighted by atomic mass is 9.78. The number of rotatable bonds is 0. The van der Waals surface area contributed by atoms with Gasteiger partial charge in [0.15, 0.2) is 0 Å². The second-order valence-corrected chi connectivity index (χ2v) is 5.33. The van der Waals surface area contributed by atoms with E-state index in [4.69, 9.17) is 0 Å². The molecule has 2 heterocycles. The van der Waals surface area contributed by atoms with E-state index < -0.39 is 0 Å². The van der Waals surface area contributed by atoms with E-state index in [1.807, 2.05) is 0 Å². The maximum absolute atomic E-state index is 3.66. The topological polar surface area (TPSA) is 24.1 Å². The Balaban J connectivity index is 2.09. The molecule has 0 radical (unpaired) electrons. The molecule has 2 aliphatic heterocycles. The summed E-state index contributed by atoms with van der Waals surface area (Å²) >= 11 is 0. The molecule has 0 bridgehead atoms. The Morgan fingerprint density at radius 1 is 1.08 bits per heavy atom. The summed E-state index contributed by atoms with van der Waals surface area (Å²) < 4.78 is 0. The van der Waals surface area contributed by atoms with E-state index in [0.29, 0.717) is 5.41 Å². The maximum Gasteiger partial charge on any atom is 0.0160 e. The van der Waals surface area contributed by atoms with Gasteiger partial charge in [-0.3, -0.25) is 0 Å². The van der Waals surface area contributed by atoms with E-state index in [9.17, 15) is 0 Å². The summed E-state index contributed by atoms with van der Waals surface area (Å²) in [4.78, 5) is 0. The number of nitrogens with one attached hydrogen (secondary N) is 2. The fraction of sp³-hybridized carbons (Fsp3) is 1.00. The Labute approximate surface area is 75.1 Å². The van der Waals surface area contributed by atoms with Crippen LogP contribution in [-0.4, -0.2) is 25.7 Å². The minimum atomic E-state index is 0.422. The summed E-state index contributed by atoms with van der Waals surface area (Å²) in [6.45, 7) is 10.7. The lowest BCUT2D eigenvalue weighted by molar-refractivity contribution is 0.238. The van der Waals surface area contributed by atoms with Gasteiger partial charge in [-0.1, -0.05) is 20.8 Å². The molecule has 2 nitrogen and oxygen atoms in total. The van der Waals surface area contributed by atoms with E-state index in [-0.39, 0.29) is 0 Å². The summed E-state index contributed by atoms with van der Waals surface area (Å²) in [5.41, 5.74) is 0.422. The van der Waals surface area contributed by atoms with Gasteiger partial charge >= 0.3 is 0 Å². The third kappa shape index (κ3) is 1.27. The SMILES string of the molecule is CC(C)(C)C1NCC2CNCC21. The summed E-state index contributed by atoms with van der Waals surface area (Å²) in [7, 11) is 0. The summed E-state index contributed by atoms with van der Waals surface area (Å²) in [5, 5.41) is 7.14. The molecule has 0 aromatic heterocycles. The number of hydrogen-bond donors (Lipinski definition) is 2. The second kappa shape index (κ2) is 2.71. The van der Waals surface area contributed by atoms with Crippen molar-refractivity contribution in [1.82, 2.24) is 10.6 Å². The van der Waals surface area contributed by atoms with Crippen LogP contribution in [0.1, 0.15) is 20.8 Å². The normalized spacial score (nSPS) is 41.8.